The van der Waals surface area contributed by atoms with Crippen LogP contribution >= 0.6 is 0 Å². The van der Waals surface area contributed by atoms with Crippen LogP contribution in [0.4, 0.5) is 0 Å². The van der Waals surface area contributed by atoms with Gasteiger partial charge in [-0.15, -0.1) is 0 Å². The summed E-state index contributed by atoms with van der Waals surface area (Å²) in [5.74, 6) is 0. The predicted octanol–water partition coefficient (Wildman–Crippen LogP) is 3.14. The zero-order chi connectivity index (χ0) is 16.2. The number of fused-ring (bicyclic) bond motifs is 1. The molecule has 0 spiro atoms. The first-order valence-electron chi connectivity index (χ1n) is 8.52. The van der Waals surface area contributed by atoms with Crippen molar-refractivity contribution in [2.75, 3.05) is 26.2 Å². The van der Waals surface area contributed by atoms with E-state index in [0.29, 0.717) is 0 Å². The van der Waals surface area contributed by atoms with E-state index in [-0.39, 0.29) is 0 Å². The monoisotopic (exact) mass is 318 g/mol. The Kier molecular flexibility index (Phi) is 4.40. The van der Waals surface area contributed by atoms with Crippen molar-refractivity contribution in [2.45, 2.75) is 6.54 Å². The van der Waals surface area contributed by atoms with Crippen LogP contribution in [0.25, 0.3) is 23.1 Å². The van der Waals surface area contributed by atoms with Crippen molar-refractivity contribution in [3.8, 4) is 0 Å². The molecule has 0 saturated carbocycles. The van der Waals surface area contributed by atoms with Crippen LogP contribution < -0.4 is 5.32 Å². The van der Waals surface area contributed by atoms with E-state index in [4.69, 9.17) is 0 Å². The third-order valence-electron chi connectivity index (χ3n) is 4.53. The normalized spacial score (nSPS) is 16.2. The first kappa shape index (κ1) is 15.1. The number of hydrogen-bond acceptors (Lipinski definition) is 3. The number of H-pyrrole nitrogens is 1. The molecule has 4 heteroatoms. The Balaban J connectivity index is 1.45. The van der Waals surface area contributed by atoms with Crippen LogP contribution in [-0.4, -0.2) is 41.3 Å². The van der Waals surface area contributed by atoms with Gasteiger partial charge in [-0.05, 0) is 23.3 Å². The number of nitrogens with zero attached hydrogens (tertiary/aromatic N) is 2. The van der Waals surface area contributed by atoms with Crippen LogP contribution in [0.1, 0.15) is 16.8 Å². The second kappa shape index (κ2) is 6.99. The zero-order valence-corrected chi connectivity index (χ0v) is 13.7. The molecule has 122 valence electrons. The third kappa shape index (κ3) is 3.40. The molecule has 1 saturated heterocycles. The first-order valence-corrected chi connectivity index (χ1v) is 8.52. The standard InChI is InChI=1S/C20H22N4/c1-2-4-19-18(3-1)20(23-22-19)10-9-16-5-7-17(8-6-16)15-24-13-11-21-12-14-24/h1-10,21H,11-15H2,(H,22,23). The molecule has 1 aliphatic rings. The molecule has 1 aliphatic heterocycles. The highest BCUT2D eigenvalue weighted by Crippen LogP contribution is 2.18. The van der Waals surface area contributed by atoms with E-state index in [2.05, 4.69) is 62.9 Å². The summed E-state index contributed by atoms with van der Waals surface area (Å²) in [6, 6.07) is 17.0. The van der Waals surface area contributed by atoms with Gasteiger partial charge in [-0.3, -0.25) is 10.00 Å². The van der Waals surface area contributed by atoms with E-state index in [1.807, 2.05) is 18.2 Å². The Morgan fingerprint density at radius 3 is 2.58 bits per heavy atom. The van der Waals surface area contributed by atoms with Gasteiger partial charge in [0.1, 0.15) is 0 Å². The van der Waals surface area contributed by atoms with Crippen LogP contribution in [-0.2, 0) is 6.54 Å². The van der Waals surface area contributed by atoms with Crippen molar-refractivity contribution in [3.63, 3.8) is 0 Å². The summed E-state index contributed by atoms with van der Waals surface area (Å²) in [6.07, 6.45) is 4.20. The number of hydrogen-bond donors (Lipinski definition) is 2. The molecular weight excluding hydrogens is 296 g/mol. The molecule has 4 rings (SSSR count). The lowest BCUT2D eigenvalue weighted by molar-refractivity contribution is 0.233. The minimum atomic E-state index is 0.982. The van der Waals surface area contributed by atoms with Crippen LogP contribution in [0.5, 0.6) is 0 Å². The maximum Gasteiger partial charge on any atom is 0.0927 e. The fraction of sp³-hybridized carbons (Fsp3) is 0.250. The largest absolute Gasteiger partial charge is 0.314 e. The number of nitrogens with one attached hydrogen (secondary N) is 2. The molecule has 0 aliphatic carbocycles. The maximum atomic E-state index is 4.38. The highest BCUT2D eigenvalue weighted by molar-refractivity contribution is 5.89. The average Bonchev–Trinajstić information content (AvgIpc) is 3.05. The van der Waals surface area contributed by atoms with Crippen LogP contribution in [0.3, 0.4) is 0 Å². The highest BCUT2D eigenvalue weighted by Gasteiger charge is 2.09. The van der Waals surface area contributed by atoms with Crippen molar-refractivity contribution in [3.05, 3.63) is 65.4 Å². The molecule has 0 bridgehead atoms. The first-order chi connectivity index (χ1) is 11.9. The minimum Gasteiger partial charge on any atom is -0.314 e. The number of rotatable bonds is 4. The summed E-state index contributed by atoms with van der Waals surface area (Å²) in [6.45, 7) is 5.49. The molecule has 2 heterocycles. The van der Waals surface area contributed by atoms with Crippen LogP contribution in [0, 0.1) is 0 Å². The number of para-hydroxylation sites is 1. The highest BCUT2D eigenvalue weighted by atomic mass is 15.2. The summed E-state index contributed by atoms with van der Waals surface area (Å²) in [5.41, 5.74) is 4.63. The van der Waals surface area contributed by atoms with Crippen LogP contribution in [0.15, 0.2) is 48.5 Å². The number of benzene rings is 2. The molecule has 24 heavy (non-hydrogen) atoms. The molecule has 4 nitrogen and oxygen atoms in total. The van der Waals surface area contributed by atoms with Gasteiger partial charge >= 0.3 is 0 Å². The van der Waals surface area contributed by atoms with Gasteiger partial charge in [0.15, 0.2) is 0 Å². The molecular formula is C20H22N4. The molecule has 2 N–H and O–H groups in total. The maximum absolute atomic E-state index is 4.38. The van der Waals surface area contributed by atoms with E-state index in [0.717, 1.165) is 49.3 Å². The van der Waals surface area contributed by atoms with E-state index in [1.54, 1.807) is 0 Å². The molecule has 0 amide bonds. The summed E-state index contributed by atoms with van der Waals surface area (Å²) >= 11 is 0. The van der Waals surface area contributed by atoms with E-state index >= 15 is 0 Å². The smallest absolute Gasteiger partial charge is 0.0927 e. The lowest BCUT2D eigenvalue weighted by Gasteiger charge is -2.27. The van der Waals surface area contributed by atoms with Crippen molar-refractivity contribution in [1.82, 2.24) is 20.4 Å². The lowest BCUT2D eigenvalue weighted by Crippen LogP contribution is -2.42. The second-order valence-corrected chi connectivity index (χ2v) is 6.26. The minimum absolute atomic E-state index is 0.982. The topological polar surface area (TPSA) is 44.0 Å². The van der Waals surface area contributed by atoms with Crippen molar-refractivity contribution in [1.29, 1.82) is 0 Å². The molecule has 0 radical (unpaired) electrons. The molecule has 1 aromatic heterocycles. The van der Waals surface area contributed by atoms with Crippen LogP contribution in [0.2, 0.25) is 0 Å². The fourth-order valence-electron chi connectivity index (χ4n) is 3.15. The van der Waals surface area contributed by atoms with Gasteiger partial charge in [-0.2, -0.15) is 5.10 Å². The summed E-state index contributed by atoms with van der Waals surface area (Å²) in [4.78, 5) is 2.50. The van der Waals surface area contributed by atoms with E-state index in [9.17, 15) is 0 Å². The quantitative estimate of drug-likeness (QED) is 0.777. The second-order valence-electron chi connectivity index (χ2n) is 6.26. The molecule has 0 atom stereocenters. The average molecular weight is 318 g/mol. The van der Waals surface area contributed by atoms with Gasteiger partial charge in [0.05, 0.1) is 11.2 Å². The van der Waals surface area contributed by atoms with Crippen molar-refractivity contribution in [2.24, 2.45) is 0 Å². The molecule has 2 aromatic carbocycles. The lowest BCUT2D eigenvalue weighted by atomic mass is 10.1. The van der Waals surface area contributed by atoms with Gasteiger partial charge in [0.2, 0.25) is 0 Å². The fourth-order valence-corrected chi connectivity index (χ4v) is 3.15. The van der Waals surface area contributed by atoms with E-state index in [1.165, 1.54) is 11.1 Å². The summed E-state index contributed by atoms with van der Waals surface area (Å²) < 4.78 is 0. The predicted molar refractivity (Wildman–Crippen MR) is 99.6 cm³/mol. The van der Waals surface area contributed by atoms with Gasteiger partial charge in [-0.1, -0.05) is 48.5 Å². The van der Waals surface area contributed by atoms with Gasteiger partial charge in [0.25, 0.3) is 0 Å². The molecule has 3 aromatic rings. The third-order valence-corrected chi connectivity index (χ3v) is 4.53. The summed E-state index contributed by atoms with van der Waals surface area (Å²) in [5, 5.41) is 12.0. The van der Waals surface area contributed by atoms with Crippen molar-refractivity contribution >= 4 is 23.1 Å². The SMILES string of the molecule is C(=Cc1n[nH]c2ccccc12)c1ccc(CN2CCNCC2)cc1. The molecule has 0 unspecified atom stereocenters. The number of aromatic nitrogens is 2. The Morgan fingerprint density at radius 2 is 1.75 bits per heavy atom. The Morgan fingerprint density at radius 1 is 0.958 bits per heavy atom. The summed E-state index contributed by atoms with van der Waals surface area (Å²) in [7, 11) is 0. The Bertz CT molecular complexity index is 826. The van der Waals surface area contributed by atoms with Gasteiger partial charge in [0, 0.05) is 38.1 Å². The van der Waals surface area contributed by atoms with E-state index < -0.39 is 0 Å². The zero-order valence-electron chi connectivity index (χ0n) is 13.7. The van der Waals surface area contributed by atoms with Gasteiger partial charge < -0.3 is 5.32 Å². The Labute approximate surface area is 142 Å². The molecule has 1 fully saturated rings. The van der Waals surface area contributed by atoms with Gasteiger partial charge in [-0.25, -0.2) is 0 Å². The number of aromatic amines is 1. The van der Waals surface area contributed by atoms with Crippen molar-refractivity contribution < 1.29 is 0 Å². The number of piperazine rings is 1. The Hall–Kier alpha value is -2.43.